The van der Waals surface area contributed by atoms with Crippen LogP contribution in [0.3, 0.4) is 0 Å². The van der Waals surface area contributed by atoms with Crippen molar-refractivity contribution in [2.45, 2.75) is 38.9 Å². The van der Waals surface area contributed by atoms with E-state index in [4.69, 9.17) is 5.10 Å². The first-order chi connectivity index (χ1) is 7.92. The molecule has 1 aromatic rings. The molecule has 0 spiro atoms. The molecule has 0 aliphatic carbocycles. The lowest BCUT2D eigenvalue weighted by Gasteiger charge is -2.11. The molecule has 1 fully saturated rings. The zero-order valence-electron chi connectivity index (χ0n) is 9.78. The van der Waals surface area contributed by atoms with Gasteiger partial charge in [0.2, 0.25) is 0 Å². The lowest BCUT2D eigenvalue weighted by atomic mass is 10.3. The van der Waals surface area contributed by atoms with Crippen LogP contribution >= 0.6 is 0 Å². The maximum atomic E-state index is 4.71. The predicted octanol–water partition coefficient (Wildman–Crippen LogP) is 0.972. The molecule has 2 aliphatic rings. The Morgan fingerprint density at radius 2 is 2.06 bits per heavy atom. The second kappa shape index (κ2) is 4.55. The summed E-state index contributed by atoms with van der Waals surface area (Å²) in [5, 5.41) is 8.15. The van der Waals surface area contributed by atoms with Crippen LogP contribution in [0.4, 0.5) is 0 Å². The third kappa shape index (κ3) is 2.13. The van der Waals surface area contributed by atoms with Crippen LogP contribution in [0, 0.1) is 0 Å². The SMILES string of the molecule is c1c(CN2CCCC2)nn2c1CNCCC2. The summed E-state index contributed by atoms with van der Waals surface area (Å²) in [6.07, 6.45) is 3.90. The Morgan fingerprint density at radius 3 is 2.94 bits per heavy atom. The monoisotopic (exact) mass is 220 g/mol. The highest BCUT2D eigenvalue weighted by molar-refractivity contribution is 5.11. The first-order valence-electron chi connectivity index (χ1n) is 6.40. The van der Waals surface area contributed by atoms with E-state index < -0.39 is 0 Å². The van der Waals surface area contributed by atoms with E-state index in [-0.39, 0.29) is 0 Å². The van der Waals surface area contributed by atoms with Crippen molar-refractivity contribution in [2.24, 2.45) is 0 Å². The van der Waals surface area contributed by atoms with Crippen molar-refractivity contribution in [3.05, 3.63) is 17.5 Å². The topological polar surface area (TPSA) is 33.1 Å². The number of nitrogens with zero attached hydrogens (tertiary/aromatic N) is 3. The van der Waals surface area contributed by atoms with E-state index in [1.165, 1.54) is 43.7 Å². The molecular formula is C12H20N4. The standard InChI is InChI=1S/C12H20N4/c1-2-6-15(5-1)10-11-8-12-9-13-4-3-7-16(12)14-11/h8,13H,1-7,9-10H2. The maximum absolute atomic E-state index is 4.71. The van der Waals surface area contributed by atoms with Crippen LogP contribution in [0.1, 0.15) is 30.7 Å². The van der Waals surface area contributed by atoms with E-state index >= 15 is 0 Å². The summed E-state index contributed by atoms with van der Waals surface area (Å²) < 4.78 is 2.19. The minimum Gasteiger partial charge on any atom is -0.311 e. The third-order valence-electron chi connectivity index (χ3n) is 3.53. The van der Waals surface area contributed by atoms with Gasteiger partial charge in [0, 0.05) is 19.6 Å². The average Bonchev–Trinajstić information content (AvgIpc) is 2.86. The molecule has 1 saturated heterocycles. The third-order valence-corrected chi connectivity index (χ3v) is 3.53. The van der Waals surface area contributed by atoms with Crippen molar-refractivity contribution in [3.63, 3.8) is 0 Å². The zero-order valence-corrected chi connectivity index (χ0v) is 9.78. The Kier molecular flexibility index (Phi) is 2.93. The zero-order chi connectivity index (χ0) is 10.8. The van der Waals surface area contributed by atoms with Crippen molar-refractivity contribution in [3.8, 4) is 0 Å². The fraction of sp³-hybridized carbons (Fsp3) is 0.750. The smallest absolute Gasteiger partial charge is 0.0768 e. The Hall–Kier alpha value is -0.870. The van der Waals surface area contributed by atoms with Crippen molar-refractivity contribution in [2.75, 3.05) is 19.6 Å². The number of aryl methyl sites for hydroxylation is 1. The second-order valence-electron chi connectivity index (χ2n) is 4.86. The summed E-state index contributed by atoms with van der Waals surface area (Å²) in [5.74, 6) is 0. The Bertz CT molecular complexity index is 328. The Morgan fingerprint density at radius 1 is 1.19 bits per heavy atom. The molecule has 4 heteroatoms. The van der Waals surface area contributed by atoms with Gasteiger partial charge in [-0.1, -0.05) is 0 Å². The summed E-state index contributed by atoms with van der Waals surface area (Å²) in [6, 6.07) is 2.27. The second-order valence-corrected chi connectivity index (χ2v) is 4.86. The summed E-state index contributed by atoms with van der Waals surface area (Å²) >= 11 is 0. The van der Waals surface area contributed by atoms with E-state index in [9.17, 15) is 0 Å². The molecule has 0 radical (unpaired) electrons. The molecular weight excluding hydrogens is 200 g/mol. The van der Waals surface area contributed by atoms with Gasteiger partial charge in [-0.25, -0.2) is 0 Å². The van der Waals surface area contributed by atoms with Crippen LogP contribution in [0.25, 0.3) is 0 Å². The van der Waals surface area contributed by atoms with Gasteiger partial charge in [-0.15, -0.1) is 0 Å². The van der Waals surface area contributed by atoms with Gasteiger partial charge in [0.05, 0.1) is 11.4 Å². The molecule has 0 amide bonds. The summed E-state index contributed by atoms with van der Waals surface area (Å²) in [4.78, 5) is 2.51. The number of likely N-dealkylation sites (tertiary alicyclic amines) is 1. The largest absolute Gasteiger partial charge is 0.311 e. The van der Waals surface area contributed by atoms with Crippen LogP contribution in [0.15, 0.2) is 6.07 Å². The minimum atomic E-state index is 0.979. The first-order valence-corrected chi connectivity index (χ1v) is 6.40. The maximum Gasteiger partial charge on any atom is 0.0768 e. The van der Waals surface area contributed by atoms with Crippen molar-refractivity contribution in [1.29, 1.82) is 0 Å². The molecule has 3 heterocycles. The molecule has 1 N–H and O–H groups in total. The molecule has 0 atom stereocenters. The number of nitrogens with one attached hydrogen (secondary N) is 1. The van der Waals surface area contributed by atoms with Crippen LogP contribution in [-0.2, 0) is 19.6 Å². The van der Waals surface area contributed by atoms with Gasteiger partial charge in [-0.05, 0) is 45.0 Å². The van der Waals surface area contributed by atoms with Crippen molar-refractivity contribution >= 4 is 0 Å². The lowest BCUT2D eigenvalue weighted by molar-refractivity contribution is 0.325. The number of aromatic nitrogens is 2. The molecule has 0 saturated carbocycles. The highest BCUT2D eigenvalue weighted by Gasteiger charge is 2.15. The molecule has 2 aliphatic heterocycles. The fourth-order valence-corrected chi connectivity index (χ4v) is 2.67. The minimum absolute atomic E-state index is 0.979. The van der Waals surface area contributed by atoms with Crippen molar-refractivity contribution in [1.82, 2.24) is 20.0 Å². The fourth-order valence-electron chi connectivity index (χ4n) is 2.67. The van der Waals surface area contributed by atoms with Crippen LogP contribution in [-0.4, -0.2) is 34.3 Å². The molecule has 3 rings (SSSR count). The summed E-state index contributed by atoms with van der Waals surface area (Å²) in [5.41, 5.74) is 2.60. The van der Waals surface area contributed by atoms with E-state index in [1.54, 1.807) is 0 Å². The Labute approximate surface area is 96.6 Å². The van der Waals surface area contributed by atoms with Gasteiger partial charge in [0.25, 0.3) is 0 Å². The molecule has 0 aromatic carbocycles. The average molecular weight is 220 g/mol. The normalized spacial score (nSPS) is 22.0. The van der Waals surface area contributed by atoms with Gasteiger partial charge in [0.1, 0.15) is 0 Å². The summed E-state index contributed by atoms with van der Waals surface area (Å²) in [6.45, 7) is 6.71. The van der Waals surface area contributed by atoms with Crippen molar-refractivity contribution < 1.29 is 0 Å². The first kappa shape index (κ1) is 10.3. The van der Waals surface area contributed by atoms with E-state index in [1.807, 2.05) is 0 Å². The quantitative estimate of drug-likeness (QED) is 0.806. The van der Waals surface area contributed by atoms with E-state index in [0.717, 1.165) is 26.2 Å². The van der Waals surface area contributed by atoms with E-state index in [0.29, 0.717) is 0 Å². The molecule has 4 nitrogen and oxygen atoms in total. The number of fused-ring (bicyclic) bond motifs is 1. The number of hydrogen-bond donors (Lipinski definition) is 1. The predicted molar refractivity (Wildman–Crippen MR) is 63.1 cm³/mol. The van der Waals surface area contributed by atoms with Gasteiger partial charge in [0.15, 0.2) is 0 Å². The van der Waals surface area contributed by atoms with Crippen LogP contribution < -0.4 is 5.32 Å². The highest BCUT2D eigenvalue weighted by atomic mass is 15.3. The summed E-state index contributed by atoms with van der Waals surface area (Å²) in [7, 11) is 0. The molecule has 88 valence electrons. The number of hydrogen-bond acceptors (Lipinski definition) is 3. The van der Waals surface area contributed by atoms with E-state index in [2.05, 4.69) is 21.0 Å². The van der Waals surface area contributed by atoms with Gasteiger partial charge >= 0.3 is 0 Å². The van der Waals surface area contributed by atoms with Gasteiger partial charge in [-0.3, -0.25) is 9.58 Å². The lowest BCUT2D eigenvalue weighted by Crippen LogP contribution is -2.19. The van der Waals surface area contributed by atoms with Gasteiger partial charge < -0.3 is 5.32 Å². The van der Waals surface area contributed by atoms with Crippen LogP contribution in [0.5, 0.6) is 0 Å². The molecule has 16 heavy (non-hydrogen) atoms. The molecule has 0 unspecified atom stereocenters. The number of rotatable bonds is 2. The molecule has 1 aromatic heterocycles. The Balaban J connectivity index is 1.71. The van der Waals surface area contributed by atoms with Crippen LogP contribution in [0.2, 0.25) is 0 Å². The highest BCUT2D eigenvalue weighted by Crippen LogP contribution is 2.14. The van der Waals surface area contributed by atoms with Gasteiger partial charge in [-0.2, -0.15) is 5.10 Å². The molecule has 0 bridgehead atoms.